The molecule has 1 amide bonds. The van der Waals surface area contributed by atoms with E-state index in [1.807, 2.05) is 42.5 Å². The Morgan fingerprint density at radius 3 is 2.88 bits per heavy atom. The highest BCUT2D eigenvalue weighted by Gasteiger charge is 2.22. The fraction of sp³-hybridized carbons (Fsp3) is 0.300. The van der Waals surface area contributed by atoms with E-state index in [2.05, 4.69) is 27.5 Å². The summed E-state index contributed by atoms with van der Waals surface area (Å²) in [7, 11) is 2.06. The van der Waals surface area contributed by atoms with Crippen LogP contribution in [0.4, 0.5) is 11.4 Å². The van der Waals surface area contributed by atoms with E-state index in [0.29, 0.717) is 11.6 Å². The van der Waals surface area contributed by atoms with Crippen LogP contribution in [0.15, 0.2) is 48.7 Å². The zero-order valence-corrected chi connectivity index (χ0v) is 14.7. The molecule has 134 valence electrons. The largest absolute Gasteiger partial charge is 0.381 e. The normalized spacial score (nSPS) is 15.1. The number of rotatable bonds is 4. The number of nitrogens with one attached hydrogen (secondary N) is 2. The summed E-state index contributed by atoms with van der Waals surface area (Å²) in [5, 5.41) is 10.9. The molecule has 3 aromatic rings. The van der Waals surface area contributed by atoms with E-state index < -0.39 is 0 Å². The second-order valence-electron chi connectivity index (χ2n) is 6.60. The highest BCUT2D eigenvalue weighted by atomic mass is 16.5. The summed E-state index contributed by atoms with van der Waals surface area (Å²) in [5.74, 6) is -0.109. The fourth-order valence-electron chi connectivity index (χ4n) is 3.46. The van der Waals surface area contributed by atoms with Gasteiger partial charge in [-0.05, 0) is 43.2 Å². The van der Waals surface area contributed by atoms with Gasteiger partial charge in [0, 0.05) is 43.1 Å². The lowest BCUT2D eigenvalue weighted by Crippen LogP contribution is -2.37. The Kier molecular flexibility index (Phi) is 4.58. The summed E-state index contributed by atoms with van der Waals surface area (Å²) in [4.78, 5) is 15.1. The molecule has 0 atom stereocenters. The van der Waals surface area contributed by atoms with E-state index in [4.69, 9.17) is 4.74 Å². The minimum Gasteiger partial charge on any atom is -0.381 e. The molecule has 6 nitrogen and oxygen atoms in total. The third-order valence-electron chi connectivity index (χ3n) is 4.97. The van der Waals surface area contributed by atoms with Gasteiger partial charge < -0.3 is 15.0 Å². The third-order valence-corrected chi connectivity index (χ3v) is 4.97. The summed E-state index contributed by atoms with van der Waals surface area (Å²) in [5.41, 5.74) is 3.32. The van der Waals surface area contributed by atoms with Gasteiger partial charge in [-0.15, -0.1) is 0 Å². The number of hydrogen-bond acceptors (Lipinski definition) is 4. The highest BCUT2D eigenvalue weighted by molar-refractivity contribution is 6.08. The van der Waals surface area contributed by atoms with Gasteiger partial charge in [0.15, 0.2) is 0 Å². The van der Waals surface area contributed by atoms with E-state index in [1.165, 1.54) is 0 Å². The molecule has 2 aromatic carbocycles. The molecule has 6 heteroatoms. The molecule has 2 N–H and O–H groups in total. The monoisotopic (exact) mass is 350 g/mol. The van der Waals surface area contributed by atoms with Gasteiger partial charge in [-0.3, -0.25) is 9.89 Å². The Morgan fingerprint density at radius 2 is 2.04 bits per heavy atom. The Bertz CT molecular complexity index is 915. The van der Waals surface area contributed by atoms with Crippen molar-refractivity contribution < 1.29 is 9.53 Å². The Morgan fingerprint density at radius 1 is 1.23 bits per heavy atom. The number of carbonyl (C=O) groups excluding carboxylic acids is 1. The number of aromatic nitrogens is 2. The van der Waals surface area contributed by atoms with Crippen LogP contribution >= 0.6 is 0 Å². The molecule has 0 radical (unpaired) electrons. The predicted octanol–water partition coefficient (Wildman–Crippen LogP) is 3.43. The van der Waals surface area contributed by atoms with Gasteiger partial charge >= 0.3 is 0 Å². The lowest BCUT2D eigenvalue weighted by atomic mass is 10.0. The van der Waals surface area contributed by atoms with Crippen LogP contribution in [0, 0.1) is 0 Å². The average molecular weight is 350 g/mol. The van der Waals surface area contributed by atoms with Gasteiger partial charge in [0.1, 0.15) is 0 Å². The first kappa shape index (κ1) is 16.6. The number of fused-ring (bicyclic) bond motifs is 1. The van der Waals surface area contributed by atoms with Crippen molar-refractivity contribution in [3.05, 3.63) is 54.2 Å². The molecular weight excluding hydrogens is 328 g/mol. The van der Waals surface area contributed by atoms with E-state index >= 15 is 0 Å². The molecule has 0 unspecified atom stereocenters. The van der Waals surface area contributed by atoms with Gasteiger partial charge in [0.25, 0.3) is 5.91 Å². The topological polar surface area (TPSA) is 70.2 Å². The number of benzene rings is 2. The van der Waals surface area contributed by atoms with E-state index in [-0.39, 0.29) is 5.91 Å². The summed E-state index contributed by atoms with van der Waals surface area (Å²) in [6.45, 7) is 1.54. The van der Waals surface area contributed by atoms with Crippen molar-refractivity contribution >= 4 is 28.2 Å². The maximum Gasteiger partial charge on any atom is 0.257 e. The predicted molar refractivity (Wildman–Crippen MR) is 103 cm³/mol. The number of H-pyrrole nitrogens is 1. The quantitative estimate of drug-likeness (QED) is 0.756. The second kappa shape index (κ2) is 7.17. The SMILES string of the molecule is CN(c1ccccc1C(=O)Nc1ccc2[nH]ncc2c1)C1CCOCC1. The van der Waals surface area contributed by atoms with E-state index in [1.54, 1.807) is 6.20 Å². The lowest BCUT2D eigenvalue weighted by molar-refractivity contribution is 0.0854. The molecule has 2 heterocycles. The van der Waals surface area contributed by atoms with Crippen LogP contribution in [0.2, 0.25) is 0 Å². The minimum absolute atomic E-state index is 0.109. The number of para-hydroxylation sites is 1. The van der Waals surface area contributed by atoms with Gasteiger partial charge in [-0.1, -0.05) is 12.1 Å². The van der Waals surface area contributed by atoms with Gasteiger partial charge in [0.2, 0.25) is 0 Å². The number of carbonyl (C=O) groups is 1. The number of nitrogens with zero attached hydrogens (tertiary/aromatic N) is 2. The Hall–Kier alpha value is -2.86. The molecule has 4 rings (SSSR count). The standard InChI is InChI=1S/C20H22N4O2/c1-24(16-8-10-26-11-9-16)19-5-3-2-4-17(19)20(25)22-15-6-7-18-14(12-15)13-21-23-18/h2-7,12-13,16H,8-11H2,1H3,(H,21,23)(H,22,25). The number of anilines is 2. The molecule has 26 heavy (non-hydrogen) atoms. The fourth-order valence-corrected chi connectivity index (χ4v) is 3.46. The highest BCUT2D eigenvalue weighted by Crippen LogP contribution is 2.26. The maximum atomic E-state index is 12.9. The third kappa shape index (κ3) is 3.28. The van der Waals surface area contributed by atoms with Gasteiger partial charge in [-0.25, -0.2) is 0 Å². The van der Waals surface area contributed by atoms with Crippen molar-refractivity contribution in [3.63, 3.8) is 0 Å². The molecule has 0 bridgehead atoms. The minimum atomic E-state index is -0.109. The number of ether oxygens (including phenoxy) is 1. The summed E-state index contributed by atoms with van der Waals surface area (Å²) in [6, 6.07) is 13.8. The van der Waals surface area contributed by atoms with Crippen molar-refractivity contribution in [2.75, 3.05) is 30.5 Å². The molecule has 1 saturated heterocycles. The van der Waals surface area contributed by atoms with E-state index in [0.717, 1.165) is 48.3 Å². The first-order valence-corrected chi connectivity index (χ1v) is 8.86. The van der Waals surface area contributed by atoms with Crippen LogP contribution in [0.1, 0.15) is 23.2 Å². The number of hydrogen-bond donors (Lipinski definition) is 2. The van der Waals surface area contributed by atoms with Crippen molar-refractivity contribution in [2.45, 2.75) is 18.9 Å². The number of amides is 1. The molecule has 1 aliphatic heterocycles. The molecular formula is C20H22N4O2. The van der Waals surface area contributed by atoms with Crippen molar-refractivity contribution in [2.24, 2.45) is 0 Å². The van der Waals surface area contributed by atoms with Gasteiger partial charge in [-0.2, -0.15) is 5.10 Å². The smallest absolute Gasteiger partial charge is 0.257 e. The molecule has 1 fully saturated rings. The molecule has 0 saturated carbocycles. The van der Waals surface area contributed by atoms with E-state index in [9.17, 15) is 4.79 Å². The summed E-state index contributed by atoms with van der Waals surface area (Å²) < 4.78 is 5.46. The van der Waals surface area contributed by atoms with Crippen LogP contribution in [0.25, 0.3) is 10.9 Å². The van der Waals surface area contributed by atoms with Crippen molar-refractivity contribution in [1.82, 2.24) is 10.2 Å². The number of aromatic amines is 1. The summed E-state index contributed by atoms with van der Waals surface area (Å²) >= 11 is 0. The Balaban J connectivity index is 1.57. The Labute approximate surface area is 152 Å². The molecule has 0 aliphatic carbocycles. The van der Waals surface area contributed by atoms with Crippen LogP contribution in [0.3, 0.4) is 0 Å². The molecule has 1 aromatic heterocycles. The zero-order chi connectivity index (χ0) is 17.9. The van der Waals surface area contributed by atoms with Crippen LogP contribution in [0.5, 0.6) is 0 Å². The summed E-state index contributed by atoms with van der Waals surface area (Å²) in [6.07, 6.45) is 3.70. The zero-order valence-electron chi connectivity index (χ0n) is 14.7. The maximum absolute atomic E-state index is 12.9. The first-order valence-electron chi connectivity index (χ1n) is 8.86. The molecule has 1 aliphatic rings. The first-order chi connectivity index (χ1) is 12.7. The molecule has 0 spiro atoms. The van der Waals surface area contributed by atoms with Crippen LogP contribution < -0.4 is 10.2 Å². The van der Waals surface area contributed by atoms with Crippen LogP contribution in [-0.4, -0.2) is 42.4 Å². The van der Waals surface area contributed by atoms with Crippen molar-refractivity contribution in [3.8, 4) is 0 Å². The average Bonchev–Trinajstić information content (AvgIpc) is 3.16. The van der Waals surface area contributed by atoms with Gasteiger partial charge in [0.05, 0.1) is 17.3 Å². The van der Waals surface area contributed by atoms with Crippen LogP contribution in [-0.2, 0) is 4.74 Å². The van der Waals surface area contributed by atoms with Crippen molar-refractivity contribution in [1.29, 1.82) is 0 Å². The second-order valence-corrected chi connectivity index (χ2v) is 6.60. The lowest BCUT2D eigenvalue weighted by Gasteiger charge is -2.33.